The summed E-state index contributed by atoms with van der Waals surface area (Å²) in [6, 6.07) is 64.5. The van der Waals surface area contributed by atoms with Crippen LogP contribution in [0.25, 0.3) is 32.8 Å². The molecule has 0 aliphatic carbocycles. The molecule has 325 valence electrons. The molecule has 0 unspecified atom stereocenters. The summed E-state index contributed by atoms with van der Waals surface area (Å²) in [6.07, 6.45) is -5.24. The van der Waals surface area contributed by atoms with Gasteiger partial charge in [-0.2, -0.15) is 13.2 Å². The number of hydrogen-bond donors (Lipinski definition) is 1. The molecular weight excluding hydrogens is 1000 g/mol. The minimum absolute atomic E-state index is 0. The predicted molar refractivity (Wildman–Crippen MR) is 254 cm³/mol. The molecule has 0 amide bonds. The summed E-state index contributed by atoms with van der Waals surface area (Å²) < 4.78 is 70.3. The molecule has 8 aromatic carbocycles. The van der Waals surface area contributed by atoms with Gasteiger partial charge in [-0.1, -0.05) is 200 Å². The zero-order valence-corrected chi connectivity index (χ0v) is 39.0. The Balaban J connectivity index is 0.000000216. The Kier molecular flexibility index (Phi) is 14.6. The number of aromatic hydroxyl groups is 1. The quantitative estimate of drug-likeness (QED) is 0.0883. The Labute approximate surface area is 414 Å². The van der Waals surface area contributed by atoms with Gasteiger partial charge in [-0.05, 0) is 29.5 Å². The number of rotatable bonds is 9. The third-order valence-corrected chi connectivity index (χ3v) is 17.4. The second kappa shape index (κ2) is 20.0. The number of benzene rings is 8. The Morgan fingerprint density at radius 1 is 0.523 bits per heavy atom. The van der Waals surface area contributed by atoms with Crippen LogP contribution in [0.15, 0.2) is 211 Å². The van der Waals surface area contributed by atoms with Crippen LogP contribution in [0, 0.1) is 49.4 Å². The van der Waals surface area contributed by atoms with E-state index in [-0.39, 0.29) is 61.3 Å². The first-order valence-electron chi connectivity index (χ1n) is 20.4. The molecule has 12 heteroatoms. The van der Waals surface area contributed by atoms with Gasteiger partial charge < -0.3 is 18.8 Å². The summed E-state index contributed by atoms with van der Waals surface area (Å²) >= 11 is 0. The molecule has 1 heterocycles. The minimum Gasteiger partial charge on any atom is -0.506 e. The SMILES string of the molecule is CCn1c(=O)c(C(=O)C(F)(F)F)c(O)c2ccc3ccccc3c21.O=P(c1ccccc1)(c1ccccc1)c1ccccc1-c1ccccc1P(=O)(c1ccccc1)c1ccccc1.[Eu]. The van der Waals surface area contributed by atoms with Crippen molar-refractivity contribution in [3.05, 3.63) is 222 Å². The minimum atomic E-state index is -5.24. The van der Waals surface area contributed by atoms with Gasteiger partial charge in [0.25, 0.3) is 11.3 Å². The summed E-state index contributed by atoms with van der Waals surface area (Å²) in [6.45, 7) is 1.64. The molecule has 0 saturated carbocycles. The molecule has 1 aromatic heterocycles. The second-order valence-electron chi connectivity index (χ2n) is 14.9. The van der Waals surface area contributed by atoms with Crippen LogP contribution in [0.1, 0.15) is 17.3 Å². The fourth-order valence-corrected chi connectivity index (χ4v) is 14.0. The molecule has 6 nitrogen and oxygen atoms in total. The number of fused-ring (bicyclic) bond motifs is 3. The molecule has 0 atom stereocenters. The first kappa shape index (κ1) is 47.5. The Morgan fingerprint density at radius 3 is 1.29 bits per heavy atom. The largest absolute Gasteiger partial charge is 0.506 e. The van der Waals surface area contributed by atoms with E-state index >= 15 is 9.13 Å². The average Bonchev–Trinajstić information content (AvgIpc) is 3.34. The van der Waals surface area contributed by atoms with Gasteiger partial charge in [0.15, 0.2) is 14.3 Å². The topological polar surface area (TPSA) is 93.4 Å². The van der Waals surface area contributed by atoms with Gasteiger partial charge in [-0.15, -0.1) is 0 Å². The molecule has 1 radical (unpaired) electrons. The maximum Gasteiger partial charge on any atom is 0.455 e. The van der Waals surface area contributed by atoms with Gasteiger partial charge >= 0.3 is 6.18 Å². The third-order valence-electron chi connectivity index (χ3n) is 11.2. The van der Waals surface area contributed by atoms with Crippen molar-refractivity contribution in [3.8, 4) is 16.9 Å². The molecule has 9 aromatic rings. The van der Waals surface area contributed by atoms with Crippen LogP contribution in [0.2, 0.25) is 0 Å². The number of pyridine rings is 1. The van der Waals surface area contributed by atoms with Gasteiger partial charge in [0, 0.05) is 98.5 Å². The number of halogens is 3. The molecule has 0 bridgehead atoms. The normalized spacial score (nSPS) is 11.6. The summed E-state index contributed by atoms with van der Waals surface area (Å²) in [5, 5.41) is 16.1. The first-order chi connectivity index (χ1) is 30.9. The summed E-state index contributed by atoms with van der Waals surface area (Å²) in [4.78, 5) is 24.0. The third kappa shape index (κ3) is 8.96. The van der Waals surface area contributed by atoms with Gasteiger partial charge in [0.2, 0.25) is 0 Å². The summed E-state index contributed by atoms with van der Waals surface area (Å²) in [7, 11) is -6.57. The molecule has 0 aliphatic heterocycles. The van der Waals surface area contributed by atoms with E-state index in [2.05, 4.69) is 0 Å². The van der Waals surface area contributed by atoms with E-state index < -0.39 is 43.1 Å². The molecule has 0 fully saturated rings. The van der Waals surface area contributed by atoms with Crippen molar-refractivity contribution in [2.24, 2.45) is 0 Å². The van der Waals surface area contributed by atoms with Gasteiger partial charge in [-0.25, -0.2) is 0 Å². The smallest absolute Gasteiger partial charge is 0.455 e. The van der Waals surface area contributed by atoms with Crippen molar-refractivity contribution < 1.29 is 81.6 Å². The zero-order chi connectivity index (χ0) is 45.1. The van der Waals surface area contributed by atoms with Crippen molar-refractivity contribution in [2.75, 3.05) is 0 Å². The number of alkyl halides is 3. The Hall–Kier alpha value is -5.47. The van der Waals surface area contributed by atoms with Gasteiger partial charge in [0.05, 0.1) is 5.52 Å². The van der Waals surface area contributed by atoms with E-state index in [0.29, 0.717) is 10.9 Å². The van der Waals surface area contributed by atoms with Crippen LogP contribution < -0.4 is 37.4 Å². The number of Topliss-reactive ketones (excluding diaryl/α,β-unsaturated/α-hetero) is 1. The number of ketones is 1. The summed E-state index contributed by atoms with van der Waals surface area (Å²) in [5.74, 6) is -3.28. The van der Waals surface area contributed by atoms with E-state index in [1.54, 1.807) is 37.3 Å². The van der Waals surface area contributed by atoms with Gasteiger partial charge in [0.1, 0.15) is 11.3 Å². The number of hydrogen-bond acceptors (Lipinski definition) is 5. The van der Waals surface area contributed by atoms with Crippen molar-refractivity contribution in [3.63, 3.8) is 0 Å². The van der Waals surface area contributed by atoms with E-state index in [0.717, 1.165) is 52.9 Å². The van der Waals surface area contributed by atoms with Crippen LogP contribution in [-0.2, 0) is 15.7 Å². The summed E-state index contributed by atoms with van der Waals surface area (Å²) in [5.41, 5.74) is -0.451. The van der Waals surface area contributed by atoms with Gasteiger partial charge in [-0.3, -0.25) is 9.59 Å². The molecule has 0 spiro atoms. The van der Waals surface area contributed by atoms with Crippen LogP contribution in [0.5, 0.6) is 5.75 Å². The van der Waals surface area contributed by atoms with Crippen molar-refractivity contribution >= 4 is 73.6 Å². The average molecular weight is 1040 g/mol. The fourth-order valence-electron chi connectivity index (χ4n) is 8.22. The van der Waals surface area contributed by atoms with Crippen molar-refractivity contribution in [1.29, 1.82) is 0 Å². The standard InChI is InChI=1S/C36H28O2P2.C17H12F3NO3.Eu/c37-39(29-17-5-1-6-18-29,30-19-7-2-8-20-30)35-27-15-13-25-33(35)34-26-14-16-28-36(34)40(38,31-21-9-3-10-22-31)32-23-11-4-12-24-32;1-2-21-13-10-6-4-3-5-9(10)7-8-11(13)14(22)12(16(21)24)15(23)17(18,19)20;/h1-28H;3-8,22H,2H2,1H3;. The van der Waals surface area contributed by atoms with Crippen LogP contribution >= 0.6 is 14.3 Å². The van der Waals surface area contributed by atoms with Crippen molar-refractivity contribution in [1.82, 2.24) is 4.57 Å². The zero-order valence-electron chi connectivity index (χ0n) is 34.8. The number of aryl methyl sites for hydroxylation is 1. The Morgan fingerprint density at radius 2 is 0.892 bits per heavy atom. The van der Waals surface area contributed by atoms with E-state index in [1.807, 2.05) is 170 Å². The van der Waals surface area contributed by atoms with Crippen LogP contribution in [0.4, 0.5) is 13.2 Å². The first-order valence-corrected chi connectivity index (χ1v) is 23.8. The predicted octanol–water partition coefficient (Wildman–Crippen LogP) is 10.3. The molecule has 0 saturated heterocycles. The molecule has 65 heavy (non-hydrogen) atoms. The number of aromatic nitrogens is 1. The molecule has 0 aliphatic rings. The monoisotopic (exact) mass is 1040 g/mol. The molecule has 9 rings (SSSR count). The second-order valence-corrected chi connectivity index (χ2v) is 20.3. The Bertz CT molecular complexity index is 3090. The molecular formula is C53H40EuF3NO5P2. The maximum absolute atomic E-state index is 15.4. The molecule has 1 N–H and O–H groups in total. The number of carbonyl (C=O) groups excluding carboxylic acids is 1. The van der Waals surface area contributed by atoms with Crippen LogP contribution in [-0.4, -0.2) is 21.6 Å². The fraction of sp³-hybridized carbons (Fsp3) is 0.0566. The number of nitrogens with zero attached hydrogens (tertiary/aromatic N) is 1. The van der Waals surface area contributed by atoms with Crippen LogP contribution in [0.3, 0.4) is 0 Å². The maximum atomic E-state index is 15.4. The number of carbonyl (C=O) groups is 1. The van der Waals surface area contributed by atoms with E-state index in [1.165, 1.54) is 6.07 Å². The van der Waals surface area contributed by atoms with E-state index in [4.69, 9.17) is 0 Å². The van der Waals surface area contributed by atoms with Crippen molar-refractivity contribution in [2.45, 2.75) is 19.6 Å². The van der Waals surface area contributed by atoms with E-state index in [9.17, 15) is 27.9 Å².